The van der Waals surface area contributed by atoms with Gasteiger partial charge in [0.25, 0.3) is 0 Å². The van der Waals surface area contributed by atoms with Crippen molar-refractivity contribution in [3.8, 4) is 0 Å². The minimum absolute atomic E-state index is 0.555. The van der Waals surface area contributed by atoms with Crippen molar-refractivity contribution < 1.29 is 4.52 Å². The molecule has 1 aliphatic rings. The second-order valence-corrected chi connectivity index (χ2v) is 5.65. The first-order valence-electron chi connectivity index (χ1n) is 6.43. The van der Waals surface area contributed by atoms with Gasteiger partial charge in [-0.1, -0.05) is 29.4 Å². The number of hydrogen-bond donors (Lipinski definition) is 1. The standard InChI is InChI=1S/C14H18N4O/c1-14(2,15)13-16-12(19-17-13)9-18-7-10-5-3-4-6-11(10)8-18/h3-6H,7-9,15H2,1-2H3. The molecule has 1 aliphatic heterocycles. The molecule has 0 atom stereocenters. The molecule has 0 saturated heterocycles. The largest absolute Gasteiger partial charge is 0.338 e. The first-order valence-corrected chi connectivity index (χ1v) is 6.43. The fraction of sp³-hybridized carbons (Fsp3) is 0.429. The Morgan fingerprint density at radius 3 is 2.42 bits per heavy atom. The molecule has 100 valence electrons. The lowest BCUT2D eigenvalue weighted by Crippen LogP contribution is -2.30. The Kier molecular flexibility index (Phi) is 2.88. The molecule has 5 heteroatoms. The summed E-state index contributed by atoms with van der Waals surface area (Å²) in [7, 11) is 0. The van der Waals surface area contributed by atoms with Crippen molar-refractivity contribution in [2.75, 3.05) is 0 Å². The zero-order valence-electron chi connectivity index (χ0n) is 11.3. The van der Waals surface area contributed by atoms with Crippen LogP contribution in [-0.2, 0) is 25.2 Å². The lowest BCUT2D eigenvalue weighted by atomic mass is 10.1. The Hall–Kier alpha value is -1.72. The van der Waals surface area contributed by atoms with Crippen molar-refractivity contribution in [3.63, 3.8) is 0 Å². The van der Waals surface area contributed by atoms with Gasteiger partial charge in [0.1, 0.15) is 0 Å². The average molecular weight is 258 g/mol. The fourth-order valence-corrected chi connectivity index (χ4v) is 2.29. The number of aromatic nitrogens is 2. The monoisotopic (exact) mass is 258 g/mol. The molecule has 1 aromatic heterocycles. The Bertz CT molecular complexity index is 560. The zero-order chi connectivity index (χ0) is 13.5. The number of nitrogens with zero attached hydrogens (tertiary/aromatic N) is 3. The lowest BCUT2D eigenvalue weighted by Gasteiger charge is -2.12. The van der Waals surface area contributed by atoms with Crippen molar-refractivity contribution in [1.82, 2.24) is 15.0 Å². The van der Waals surface area contributed by atoms with E-state index in [0.717, 1.165) is 13.1 Å². The molecular formula is C14H18N4O. The molecule has 0 spiro atoms. The molecule has 2 heterocycles. The number of rotatable bonds is 3. The Labute approximate surface area is 112 Å². The molecule has 5 nitrogen and oxygen atoms in total. The highest BCUT2D eigenvalue weighted by atomic mass is 16.5. The van der Waals surface area contributed by atoms with Crippen molar-refractivity contribution in [1.29, 1.82) is 0 Å². The minimum Gasteiger partial charge on any atom is -0.338 e. The summed E-state index contributed by atoms with van der Waals surface area (Å²) < 4.78 is 5.27. The summed E-state index contributed by atoms with van der Waals surface area (Å²) in [5, 5.41) is 3.94. The summed E-state index contributed by atoms with van der Waals surface area (Å²) in [4.78, 5) is 6.65. The van der Waals surface area contributed by atoms with Crippen molar-refractivity contribution >= 4 is 0 Å². The Balaban J connectivity index is 1.70. The van der Waals surface area contributed by atoms with Crippen LogP contribution in [0, 0.1) is 0 Å². The first-order chi connectivity index (χ1) is 9.02. The molecule has 3 rings (SSSR count). The van der Waals surface area contributed by atoms with Gasteiger partial charge in [-0.15, -0.1) is 0 Å². The lowest BCUT2D eigenvalue weighted by molar-refractivity contribution is 0.230. The predicted molar refractivity (Wildman–Crippen MR) is 70.9 cm³/mol. The number of fused-ring (bicyclic) bond motifs is 1. The molecule has 2 aromatic rings. The molecule has 0 bridgehead atoms. The third kappa shape index (κ3) is 2.52. The maximum Gasteiger partial charge on any atom is 0.240 e. The molecule has 2 N–H and O–H groups in total. The van der Waals surface area contributed by atoms with Crippen LogP contribution in [-0.4, -0.2) is 15.0 Å². The van der Waals surface area contributed by atoms with E-state index in [1.807, 2.05) is 13.8 Å². The summed E-state index contributed by atoms with van der Waals surface area (Å²) in [6.45, 7) is 6.26. The van der Waals surface area contributed by atoms with E-state index in [1.165, 1.54) is 11.1 Å². The fourth-order valence-electron chi connectivity index (χ4n) is 2.29. The van der Waals surface area contributed by atoms with Crippen LogP contribution < -0.4 is 5.73 Å². The van der Waals surface area contributed by atoms with E-state index in [0.29, 0.717) is 18.3 Å². The molecule has 19 heavy (non-hydrogen) atoms. The van der Waals surface area contributed by atoms with Crippen LogP contribution >= 0.6 is 0 Å². The topological polar surface area (TPSA) is 68.2 Å². The second-order valence-electron chi connectivity index (χ2n) is 5.65. The first kappa shape index (κ1) is 12.3. The van der Waals surface area contributed by atoms with Crippen LogP contribution in [0.3, 0.4) is 0 Å². The molecule has 0 radical (unpaired) electrons. The van der Waals surface area contributed by atoms with Crippen molar-refractivity contribution in [2.24, 2.45) is 5.73 Å². The third-order valence-corrected chi connectivity index (χ3v) is 3.31. The van der Waals surface area contributed by atoms with Crippen LogP contribution in [0.4, 0.5) is 0 Å². The number of benzene rings is 1. The molecule has 0 aliphatic carbocycles. The molecular weight excluding hydrogens is 240 g/mol. The highest BCUT2D eigenvalue weighted by molar-refractivity contribution is 5.30. The van der Waals surface area contributed by atoms with Gasteiger partial charge < -0.3 is 10.3 Å². The second kappa shape index (κ2) is 4.43. The van der Waals surface area contributed by atoms with Gasteiger partial charge in [0.15, 0.2) is 5.82 Å². The highest BCUT2D eigenvalue weighted by Gasteiger charge is 2.24. The van der Waals surface area contributed by atoms with E-state index < -0.39 is 5.54 Å². The van der Waals surface area contributed by atoms with Crippen LogP contribution in [0.1, 0.15) is 36.7 Å². The van der Waals surface area contributed by atoms with Gasteiger partial charge >= 0.3 is 0 Å². The smallest absolute Gasteiger partial charge is 0.240 e. The van der Waals surface area contributed by atoms with Crippen LogP contribution in [0.25, 0.3) is 0 Å². The summed E-state index contributed by atoms with van der Waals surface area (Å²) in [6, 6.07) is 8.48. The summed E-state index contributed by atoms with van der Waals surface area (Å²) in [6.07, 6.45) is 0. The van der Waals surface area contributed by atoms with E-state index in [4.69, 9.17) is 10.3 Å². The van der Waals surface area contributed by atoms with E-state index in [1.54, 1.807) is 0 Å². The van der Waals surface area contributed by atoms with E-state index >= 15 is 0 Å². The average Bonchev–Trinajstić information content (AvgIpc) is 2.94. The molecule has 1 aromatic carbocycles. The number of hydrogen-bond acceptors (Lipinski definition) is 5. The van der Waals surface area contributed by atoms with E-state index in [-0.39, 0.29) is 0 Å². The molecule has 0 saturated carbocycles. The summed E-state index contributed by atoms with van der Waals surface area (Å²) in [5.74, 6) is 1.18. The highest BCUT2D eigenvalue weighted by Crippen LogP contribution is 2.24. The zero-order valence-corrected chi connectivity index (χ0v) is 11.3. The van der Waals surface area contributed by atoms with E-state index in [9.17, 15) is 0 Å². The van der Waals surface area contributed by atoms with Gasteiger partial charge in [-0.2, -0.15) is 4.98 Å². The third-order valence-electron chi connectivity index (χ3n) is 3.31. The number of nitrogens with two attached hydrogens (primary N) is 1. The molecule has 0 fully saturated rings. The van der Waals surface area contributed by atoms with Crippen LogP contribution in [0.15, 0.2) is 28.8 Å². The van der Waals surface area contributed by atoms with Crippen LogP contribution in [0.2, 0.25) is 0 Å². The minimum atomic E-state index is -0.560. The normalized spacial score (nSPS) is 15.7. The van der Waals surface area contributed by atoms with Crippen molar-refractivity contribution in [2.45, 2.75) is 39.0 Å². The van der Waals surface area contributed by atoms with Crippen LogP contribution in [0.5, 0.6) is 0 Å². The summed E-state index contributed by atoms with van der Waals surface area (Å²) >= 11 is 0. The maximum absolute atomic E-state index is 5.95. The van der Waals surface area contributed by atoms with Gasteiger partial charge in [0.2, 0.25) is 5.89 Å². The van der Waals surface area contributed by atoms with E-state index in [2.05, 4.69) is 39.3 Å². The summed E-state index contributed by atoms with van der Waals surface area (Å²) in [5.41, 5.74) is 8.14. The van der Waals surface area contributed by atoms with Crippen molar-refractivity contribution in [3.05, 3.63) is 47.1 Å². The SMILES string of the molecule is CC(C)(N)c1noc(CN2Cc3ccccc3C2)n1. The molecule has 0 amide bonds. The van der Waals surface area contributed by atoms with Gasteiger partial charge in [-0.3, -0.25) is 4.90 Å². The van der Waals surface area contributed by atoms with Gasteiger partial charge in [-0.25, -0.2) is 0 Å². The predicted octanol–water partition coefficient (Wildman–Crippen LogP) is 1.78. The van der Waals surface area contributed by atoms with Gasteiger partial charge in [0.05, 0.1) is 12.1 Å². The van der Waals surface area contributed by atoms with Gasteiger partial charge in [0, 0.05) is 13.1 Å². The Morgan fingerprint density at radius 2 is 1.89 bits per heavy atom. The van der Waals surface area contributed by atoms with Gasteiger partial charge in [-0.05, 0) is 25.0 Å². The maximum atomic E-state index is 5.95. The Morgan fingerprint density at radius 1 is 1.26 bits per heavy atom. The molecule has 0 unspecified atom stereocenters. The quantitative estimate of drug-likeness (QED) is 0.908.